The van der Waals surface area contributed by atoms with Crippen LogP contribution in [-0.4, -0.2) is 35.4 Å². The highest BCUT2D eigenvalue weighted by atomic mass is 79.9. The minimum atomic E-state index is 0.261. The number of halogens is 2. The molecule has 0 spiro atoms. The van der Waals surface area contributed by atoms with E-state index in [0.717, 1.165) is 51.4 Å². The van der Waals surface area contributed by atoms with Gasteiger partial charge in [-0.2, -0.15) is 0 Å². The van der Waals surface area contributed by atoms with Crippen LogP contribution in [0.15, 0.2) is 24.3 Å². The predicted molar refractivity (Wildman–Crippen MR) is 170 cm³/mol. The van der Waals surface area contributed by atoms with Crippen LogP contribution in [0.5, 0.6) is 0 Å². The van der Waals surface area contributed by atoms with Crippen molar-refractivity contribution in [2.24, 2.45) is 0 Å². The molecule has 0 fully saturated rings. The molecular formula is C32H60Br2O3. The third-order valence-electron chi connectivity index (χ3n) is 6.68. The van der Waals surface area contributed by atoms with E-state index in [0.29, 0.717) is 23.2 Å². The molecule has 3 nitrogen and oxygen atoms in total. The second-order valence-corrected chi connectivity index (χ2v) is 12.9. The summed E-state index contributed by atoms with van der Waals surface area (Å²) < 4.78 is 18.1. The summed E-state index contributed by atoms with van der Waals surface area (Å²) in [6.07, 6.45) is 30.8. The van der Waals surface area contributed by atoms with Gasteiger partial charge in [-0.25, -0.2) is 0 Å². The highest BCUT2D eigenvalue weighted by molar-refractivity contribution is 9.09. The van der Waals surface area contributed by atoms with Gasteiger partial charge in [-0.3, -0.25) is 0 Å². The lowest BCUT2D eigenvalue weighted by Gasteiger charge is -2.20. The van der Waals surface area contributed by atoms with Gasteiger partial charge in [0.25, 0.3) is 0 Å². The van der Waals surface area contributed by atoms with Crippen LogP contribution in [0.4, 0.5) is 0 Å². The van der Waals surface area contributed by atoms with E-state index in [1.165, 1.54) is 64.2 Å². The molecule has 220 valence electrons. The molecule has 0 aromatic carbocycles. The third-order valence-corrected chi connectivity index (χ3v) is 8.51. The van der Waals surface area contributed by atoms with E-state index in [1.54, 1.807) is 0 Å². The average Bonchev–Trinajstić information content (AvgIpc) is 2.88. The van der Waals surface area contributed by atoms with E-state index >= 15 is 0 Å². The number of unbranched alkanes of at least 4 members (excludes halogenated alkanes) is 2. The van der Waals surface area contributed by atoms with Crippen LogP contribution in [0.3, 0.4) is 0 Å². The fraction of sp³-hybridized carbons (Fsp3) is 0.875. The Morgan fingerprint density at radius 2 is 0.919 bits per heavy atom. The number of hydrogen-bond donors (Lipinski definition) is 0. The SMILES string of the molecule is CCC=CCCC(CCCCC(Br)CCC)OCOCOC(CCC=CCC)CCCCC(Br)CCC. The summed E-state index contributed by atoms with van der Waals surface area (Å²) in [6, 6.07) is 0. The Hall–Kier alpha value is 0.320. The molecule has 0 rings (SSSR count). The van der Waals surface area contributed by atoms with E-state index in [2.05, 4.69) is 83.9 Å². The van der Waals surface area contributed by atoms with Gasteiger partial charge in [0.15, 0.2) is 0 Å². The first-order chi connectivity index (χ1) is 18.1. The fourth-order valence-electron chi connectivity index (χ4n) is 4.47. The van der Waals surface area contributed by atoms with Crippen molar-refractivity contribution < 1.29 is 14.2 Å². The maximum atomic E-state index is 6.16. The highest BCUT2D eigenvalue weighted by Gasteiger charge is 2.12. The molecule has 0 aromatic heterocycles. The molecule has 0 aliphatic heterocycles. The second-order valence-electron chi connectivity index (χ2n) is 10.3. The summed E-state index contributed by atoms with van der Waals surface area (Å²) in [5, 5.41) is 0. The minimum absolute atomic E-state index is 0.261. The van der Waals surface area contributed by atoms with Crippen molar-refractivity contribution in [3.63, 3.8) is 0 Å². The lowest BCUT2D eigenvalue weighted by atomic mass is 10.0. The zero-order valence-electron chi connectivity index (χ0n) is 24.7. The van der Waals surface area contributed by atoms with Crippen LogP contribution in [0.1, 0.15) is 143 Å². The van der Waals surface area contributed by atoms with Gasteiger partial charge in [-0.1, -0.05) is 122 Å². The van der Waals surface area contributed by atoms with Crippen molar-refractivity contribution in [1.82, 2.24) is 0 Å². The number of alkyl halides is 2. The van der Waals surface area contributed by atoms with E-state index in [4.69, 9.17) is 14.2 Å². The number of ether oxygens (including phenoxy) is 3. The summed E-state index contributed by atoms with van der Waals surface area (Å²) in [4.78, 5) is 1.32. The molecule has 0 saturated heterocycles. The summed E-state index contributed by atoms with van der Waals surface area (Å²) >= 11 is 7.62. The molecule has 0 N–H and O–H groups in total. The van der Waals surface area contributed by atoms with Crippen molar-refractivity contribution in [2.45, 2.75) is 165 Å². The van der Waals surface area contributed by atoms with Crippen molar-refractivity contribution >= 4 is 31.9 Å². The number of hydrogen-bond acceptors (Lipinski definition) is 3. The van der Waals surface area contributed by atoms with E-state index in [9.17, 15) is 0 Å². The molecule has 0 heterocycles. The molecular weight excluding hydrogens is 592 g/mol. The fourth-order valence-corrected chi connectivity index (χ4v) is 6.03. The van der Waals surface area contributed by atoms with E-state index in [-0.39, 0.29) is 12.2 Å². The van der Waals surface area contributed by atoms with Crippen LogP contribution in [0.2, 0.25) is 0 Å². The quantitative estimate of drug-likeness (QED) is 0.0364. The minimum Gasteiger partial charge on any atom is -0.352 e. The van der Waals surface area contributed by atoms with Crippen LogP contribution >= 0.6 is 31.9 Å². The maximum Gasteiger partial charge on any atom is 0.149 e. The van der Waals surface area contributed by atoms with Crippen LogP contribution in [0, 0.1) is 0 Å². The number of allylic oxidation sites excluding steroid dienone is 4. The Kier molecular flexibility index (Phi) is 29.6. The summed E-state index contributed by atoms with van der Waals surface area (Å²) in [7, 11) is 0. The summed E-state index contributed by atoms with van der Waals surface area (Å²) in [6.45, 7) is 9.52. The maximum absolute atomic E-state index is 6.16. The Balaban J connectivity index is 4.38. The Bertz CT molecular complexity index is 468. The zero-order chi connectivity index (χ0) is 27.4. The lowest BCUT2D eigenvalue weighted by molar-refractivity contribution is -0.167. The van der Waals surface area contributed by atoms with Gasteiger partial charge in [0.05, 0.1) is 12.2 Å². The molecule has 0 aliphatic rings. The highest BCUT2D eigenvalue weighted by Crippen LogP contribution is 2.20. The Labute approximate surface area is 248 Å². The molecule has 37 heavy (non-hydrogen) atoms. The van der Waals surface area contributed by atoms with Crippen molar-refractivity contribution in [1.29, 1.82) is 0 Å². The average molecular weight is 653 g/mol. The third kappa shape index (κ3) is 26.3. The molecule has 0 radical (unpaired) electrons. The molecule has 0 saturated carbocycles. The normalized spacial score (nSPS) is 15.5. The predicted octanol–water partition coefficient (Wildman–Crippen LogP) is 11.4. The van der Waals surface area contributed by atoms with Crippen LogP contribution in [0.25, 0.3) is 0 Å². The zero-order valence-corrected chi connectivity index (χ0v) is 27.9. The van der Waals surface area contributed by atoms with Gasteiger partial charge < -0.3 is 14.2 Å². The number of rotatable bonds is 28. The van der Waals surface area contributed by atoms with Gasteiger partial charge >= 0.3 is 0 Å². The van der Waals surface area contributed by atoms with Crippen LogP contribution < -0.4 is 0 Å². The second kappa shape index (κ2) is 29.3. The molecule has 4 atom stereocenters. The molecule has 4 unspecified atom stereocenters. The lowest BCUT2D eigenvalue weighted by Crippen LogP contribution is -2.19. The van der Waals surface area contributed by atoms with Crippen molar-refractivity contribution in [2.75, 3.05) is 13.6 Å². The topological polar surface area (TPSA) is 27.7 Å². The van der Waals surface area contributed by atoms with Gasteiger partial charge in [0.1, 0.15) is 13.6 Å². The molecule has 0 aromatic rings. The first kappa shape index (κ1) is 37.3. The molecule has 0 bridgehead atoms. The van der Waals surface area contributed by atoms with Crippen LogP contribution in [-0.2, 0) is 14.2 Å². The first-order valence-corrected chi connectivity index (χ1v) is 17.3. The van der Waals surface area contributed by atoms with Gasteiger partial charge in [0, 0.05) is 9.65 Å². The van der Waals surface area contributed by atoms with Crippen molar-refractivity contribution in [3.8, 4) is 0 Å². The monoisotopic (exact) mass is 650 g/mol. The molecule has 0 aliphatic carbocycles. The van der Waals surface area contributed by atoms with Crippen molar-refractivity contribution in [3.05, 3.63) is 24.3 Å². The summed E-state index contributed by atoms with van der Waals surface area (Å²) in [5.74, 6) is 0. The van der Waals surface area contributed by atoms with Gasteiger partial charge in [0.2, 0.25) is 0 Å². The standard InChI is InChI=1S/C32H60Br2O3/c1-5-9-11-13-23-31(25-17-15-21-29(33)19-7-3)36-27-35-28-37-32(24-14-12-10-6-2)26-18-16-22-30(34)20-8-4/h9-12,29-32H,5-8,13-28H2,1-4H3. The summed E-state index contributed by atoms with van der Waals surface area (Å²) in [5.41, 5.74) is 0. The van der Waals surface area contributed by atoms with E-state index in [1.807, 2.05) is 0 Å². The van der Waals surface area contributed by atoms with Gasteiger partial charge in [-0.05, 0) is 77.0 Å². The molecule has 0 amide bonds. The largest absolute Gasteiger partial charge is 0.352 e. The first-order valence-electron chi connectivity index (χ1n) is 15.5. The Morgan fingerprint density at radius 3 is 1.30 bits per heavy atom. The smallest absolute Gasteiger partial charge is 0.149 e. The Morgan fingerprint density at radius 1 is 0.514 bits per heavy atom. The van der Waals surface area contributed by atoms with E-state index < -0.39 is 0 Å². The molecule has 5 heteroatoms. The van der Waals surface area contributed by atoms with Gasteiger partial charge in [-0.15, -0.1) is 0 Å².